The second kappa shape index (κ2) is 3.84. The lowest BCUT2D eigenvalue weighted by Crippen LogP contribution is -2.28. The van der Waals surface area contributed by atoms with Crippen LogP contribution in [0.3, 0.4) is 0 Å². The van der Waals surface area contributed by atoms with E-state index in [1.165, 1.54) is 0 Å². The zero-order valence-electron chi connectivity index (χ0n) is 9.36. The summed E-state index contributed by atoms with van der Waals surface area (Å²) in [4.78, 5) is 11.8. The van der Waals surface area contributed by atoms with E-state index in [0.717, 1.165) is 19.3 Å². The van der Waals surface area contributed by atoms with Crippen molar-refractivity contribution in [2.45, 2.75) is 19.3 Å². The fraction of sp³-hybridized carbons (Fsp3) is 0.417. The van der Waals surface area contributed by atoms with E-state index in [-0.39, 0.29) is 18.6 Å². The van der Waals surface area contributed by atoms with Crippen molar-refractivity contribution >= 4 is 17.3 Å². The third kappa shape index (κ3) is 1.77. The predicted octanol–water partition coefficient (Wildman–Crippen LogP) is 1.74. The molecule has 1 aliphatic carbocycles. The van der Waals surface area contributed by atoms with Crippen LogP contribution in [-0.2, 0) is 4.79 Å². The molecule has 5 heteroatoms. The quantitative estimate of drug-likeness (QED) is 0.764. The van der Waals surface area contributed by atoms with Gasteiger partial charge in [-0.3, -0.25) is 4.79 Å². The molecule has 1 aromatic carbocycles. The number of fused-ring (bicyclic) bond motifs is 1. The third-order valence-electron chi connectivity index (χ3n) is 3.28. The maximum absolute atomic E-state index is 11.8. The summed E-state index contributed by atoms with van der Waals surface area (Å²) in [6, 6.07) is 3.40. The Morgan fingerprint density at radius 3 is 2.65 bits per heavy atom. The topological polar surface area (TPSA) is 73.6 Å². The number of nitrogens with one attached hydrogen (secondary N) is 1. The molecule has 0 atom stereocenters. The average molecular weight is 234 g/mol. The number of carbonyl (C=O) groups excluding carboxylic acids is 1. The van der Waals surface area contributed by atoms with Crippen LogP contribution < -0.4 is 20.5 Å². The van der Waals surface area contributed by atoms with Gasteiger partial charge in [-0.25, -0.2) is 0 Å². The molecule has 0 spiro atoms. The Hall–Kier alpha value is -1.91. The van der Waals surface area contributed by atoms with Gasteiger partial charge in [0.05, 0.1) is 11.4 Å². The predicted molar refractivity (Wildman–Crippen MR) is 62.9 cm³/mol. The Morgan fingerprint density at radius 1 is 1.29 bits per heavy atom. The average Bonchev–Trinajstić information content (AvgIpc) is 2.62. The van der Waals surface area contributed by atoms with E-state index in [9.17, 15) is 4.79 Å². The second-order valence-corrected chi connectivity index (χ2v) is 4.41. The second-order valence-electron chi connectivity index (χ2n) is 4.41. The van der Waals surface area contributed by atoms with Gasteiger partial charge in [0.25, 0.3) is 0 Å². The van der Waals surface area contributed by atoms with Crippen LogP contribution in [0.15, 0.2) is 12.1 Å². The first-order chi connectivity index (χ1) is 8.24. The summed E-state index contributed by atoms with van der Waals surface area (Å²) in [7, 11) is 0. The van der Waals surface area contributed by atoms with Crippen molar-refractivity contribution in [1.29, 1.82) is 0 Å². The number of hydrogen-bond donors (Lipinski definition) is 2. The molecule has 90 valence electrons. The van der Waals surface area contributed by atoms with E-state index in [1.54, 1.807) is 12.1 Å². The standard InChI is InChI=1S/C12H14N2O3/c13-8-4-10-11(17-6-16-10)5-9(8)14-12(15)7-2-1-3-7/h4-5,7H,1-3,6,13H2,(H,14,15). The van der Waals surface area contributed by atoms with Crippen LogP contribution in [0.25, 0.3) is 0 Å². The maximum atomic E-state index is 11.8. The fourth-order valence-corrected chi connectivity index (χ4v) is 1.97. The molecule has 1 amide bonds. The highest BCUT2D eigenvalue weighted by molar-refractivity contribution is 5.96. The Labute approximate surface area is 98.9 Å². The highest BCUT2D eigenvalue weighted by Gasteiger charge is 2.26. The summed E-state index contributed by atoms with van der Waals surface area (Å²) >= 11 is 0. The van der Waals surface area contributed by atoms with Gasteiger partial charge in [0.15, 0.2) is 11.5 Å². The smallest absolute Gasteiger partial charge is 0.231 e. The first-order valence-electron chi connectivity index (χ1n) is 5.74. The van der Waals surface area contributed by atoms with E-state index >= 15 is 0 Å². The normalized spacial score (nSPS) is 17.6. The van der Waals surface area contributed by atoms with Gasteiger partial charge in [-0.1, -0.05) is 6.42 Å². The molecule has 0 unspecified atom stereocenters. The fourth-order valence-electron chi connectivity index (χ4n) is 1.97. The van der Waals surface area contributed by atoms with Crippen LogP contribution in [0.1, 0.15) is 19.3 Å². The first-order valence-corrected chi connectivity index (χ1v) is 5.74. The number of nitrogens with two attached hydrogens (primary N) is 1. The number of hydrogen-bond acceptors (Lipinski definition) is 4. The molecule has 1 heterocycles. The minimum atomic E-state index is 0.0433. The number of carbonyl (C=O) groups is 1. The molecule has 3 N–H and O–H groups in total. The summed E-state index contributed by atoms with van der Waals surface area (Å²) in [5.74, 6) is 1.44. The van der Waals surface area contributed by atoms with Gasteiger partial charge in [0.1, 0.15) is 0 Å². The molecular formula is C12H14N2O3. The zero-order valence-corrected chi connectivity index (χ0v) is 9.36. The minimum Gasteiger partial charge on any atom is -0.454 e. The number of ether oxygens (including phenoxy) is 2. The molecule has 5 nitrogen and oxygen atoms in total. The minimum absolute atomic E-state index is 0.0433. The molecular weight excluding hydrogens is 220 g/mol. The molecule has 0 saturated heterocycles. The van der Waals surface area contributed by atoms with Crippen LogP contribution >= 0.6 is 0 Å². The number of anilines is 2. The van der Waals surface area contributed by atoms with E-state index in [2.05, 4.69) is 5.32 Å². The van der Waals surface area contributed by atoms with Crippen molar-refractivity contribution in [1.82, 2.24) is 0 Å². The number of amides is 1. The number of nitrogen functional groups attached to an aromatic ring is 1. The van der Waals surface area contributed by atoms with Crippen LogP contribution in [0.2, 0.25) is 0 Å². The number of rotatable bonds is 2. The summed E-state index contributed by atoms with van der Waals surface area (Å²) in [5.41, 5.74) is 6.96. The maximum Gasteiger partial charge on any atom is 0.231 e. The van der Waals surface area contributed by atoms with Gasteiger partial charge in [0, 0.05) is 18.1 Å². The van der Waals surface area contributed by atoms with Crippen molar-refractivity contribution in [2.24, 2.45) is 5.92 Å². The van der Waals surface area contributed by atoms with Gasteiger partial charge >= 0.3 is 0 Å². The molecule has 0 aromatic heterocycles. The van der Waals surface area contributed by atoms with Crippen molar-refractivity contribution in [3.63, 3.8) is 0 Å². The van der Waals surface area contributed by atoms with Gasteiger partial charge < -0.3 is 20.5 Å². The SMILES string of the molecule is Nc1cc2c(cc1NC(=O)C1CCC1)OCO2. The summed E-state index contributed by atoms with van der Waals surface area (Å²) in [6.07, 6.45) is 3.07. The van der Waals surface area contributed by atoms with E-state index in [4.69, 9.17) is 15.2 Å². The lowest BCUT2D eigenvalue weighted by Gasteiger charge is -2.24. The molecule has 0 radical (unpaired) electrons. The first kappa shape index (κ1) is 10.3. The van der Waals surface area contributed by atoms with Crippen LogP contribution in [0.4, 0.5) is 11.4 Å². The highest BCUT2D eigenvalue weighted by atomic mass is 16.7. The van der Waals surface area contributed by atoms with Crippen LogP contribution in [-0.4, -0.2) is 12.7 Å². The molecule has 1 aromatic rings. The number of benzene rings is 1. The Morgan fingerprint density at radius 2 is 2.00 bits per heavy atom. The molecule has 17 heavy (non-hydrogen) atoms. The molecule has 3 rings (SSSR count). The summed E-state index contributed by atoms with van der Waals surface area (Å²) in [5, 5.41) is 2.84. The summed E-state index contributed by atoms with van der Waals surface area (Å²) in [6.45, 7) is 0.203. The van der Waals surface area contributed by atoms with Crippen LogP contribution in [0.5, 0.6) is 11.5 Å². The lowest BCUT2D eigenvalue weighted by atomic mass is 9.85. The van der Waals surface area contributed by atoms with Gasteiger partial charge in [-0.2, -0.15) is 0 Å². The molecule has 1 saturated carbocycles. The van der Waals surface area contributed by atoms with Crippen molar-refractivity contribution < 1.29 is 14.3 Å². The molecule has 2 aliphatic rings. The zero-order chi connectivity index (χ0) is 11.8. The van der Waals surface area contributed by atoms with Gasteiger partial charge in [-0.05, 0) is 12.8 Å². The van der Waals surface area contributed by atoms with E-state index in [1.807, 2.05) is 0 Å². The van der Waals surface area contributed by atoms with Gasteiger partial charge in [0.2, 0.25) is 12.7 Å². The van der Waals surface area contributed by atoms with Crippen molar-refractivity contribution in [3.8, 4) is 11.5 Å². The monoisotopic (exact) mass is 234 g/mol. The van der Waals surface area contributed by atoms with Crippen LogP contribution in [0, 0.1) is 5.92 Å². The van der Waals surface area contributed by atoms with Gasteiger partial charge in [-0.15, -0.1) is 0 Å². The van der Waals surface area contributed by atoms with E-state index < -0.39 is 0 Å². The third-order valence-corrected chi connectivity index (χ3v) is 3.28. The van der Waals surface area contributed by atoms with E-state index in [0.29, 0.717) is 22.9 Å². The largest absolute Gasteiger partial charge is 0.454 e. The lowest BCUT2D eigenvalue weighted by molar-refractivity contribution is -0.122. The highest BCUT2D eigenvalue weighted by Crippen LogP contribution is 2.39. The Balaban J connectivity index is 1.80. The Kier molecular flexibility index (Phi) is 2.31. The molecule has 0 bridgehead atoms. The van der Waals surface area contributed by atoms with Crippen molar-refractivity contribution in [2.75, 3.05) is 17.8 Å². The summed E-state index contributed by atoms with van der Waals surface area (Å²) < 4.78 is 10.5. The van der Waals surface area contributed by atoms with Crippen molar-refractivity contribution in [3.05, 3.63) is 12.1 Å². The molecule has 1 fully saturated rings. The molecule has 1 aliphatic heterocycles. The Bertz CT molecular complexity index is 469.